The number of hydrogen-bond acceptors (Lipinski definition) is 1. The van der Waals surface area contributed by atoms with Crippen molar-refractivity contribution in [2.45, 2.75) is 6.42 Å². The first-order valence-corrected chi connectivity index (χ1v) is 5.89. The van der Waals surface area contributed by atoms with Crippen LogP contribution in [0.25, 0.3) is 11.1 Å². The van der Waals surface area contributed by atoms with Gasteiger partial charge in [0.1, 0.15) is 0 Å². The Labute approximate surface area is 105 Å². The van der Waals surface area contributed by atoms with Gasteiger partial charge in [-0.05, 0) is 48.8 Å². The molecule has 18 heavy (non-hydrogen) atoms. The van der Waals surface area contributed by atoms with Crippen LogP contribution in [0.1, 0.15) is 5.56 Å². The van der Waals surface area contributed by atoms with E-state index in [9.17, 15) is 8.78 Å². The zero-order valence-corrected chi connectivity index (χ0v) is 10.2. The van der Waals surface area contributed by atoms with Gasteiger partial charge < -0.3 is 5.32 Å². The Kier molecular flexibility index (Phi) is 4.05. The van der Waals surface area contributed by atoms with Gasteiger partial charge in [-0.3, -0.25) is 0 Å². The van der Waals surface area contributed by atoms with E-state index in [-0.39, 0.29) is 0 Å². The smallest absolute Gasteiger partial charge is 0.159 e. The van der Waals surface area contributed by atoms with E-state index >= 15 is 0 Å². The molecule has 2 aromatic carbocycles. The maximum Gasteiger partial charge on any atom is 0.159 e. The lowest BCUT2D eigenvalue weighted by molar-refractivity contribution is 0.509. The summed E-state index contributed by atoms with van der Waals surface area (Å²) in [5.74, 6) is -1.63. The molecule has 0 amide bonds. The quantitative estimate of drug-likeness (QED) is 0.873. The van der Waals surface area contributed by atoms with Crippen molar-refractivity contribution in [1.29, 1.82) is 0 Å². The van der Waals surface area contributed by atoms with Gasteiger partial charge in [-0.15, -0.1) is 0 Å². The minimum absolute atomic E-state index is 0.695. The first-order valence-electron chi connectivity index (χ1n) is 5.89. The van der Waals surface area contributed by atoms with Crippen molar-refractivity contribution in [3.8, 4) is 11.1 Å². The van der Waals surface area contributed by atoms with Crippen molar-refractivity contribution in [3.63, 3.8) is 0 Å². The largest absolute Gasteiger partial charge is 0.319 e. The van der Waals surface area contributed by atoms with Gasteiger partial charge in [-0.25, -0.2) is 8.78 Å². The first-order chi connectivity index (χ1) is 8.70. The van der Waals surface area contributed by atoms with E-state index in [0.29, 0.717) is 5.56 Å². The third-order valence-electron chi connectivity index (χ3n) is 2.84. The van der Waals surface area contributed by atoms with Crippen molar-refractivity contribution in [2.24, 2.45) is 0 Å². The summed E-state index contributed by atoms with van der Waals surface area (Å²) < 4.78 is 26.1. The lowest BCUT2D eigenvalue weighted by Crippen LogP contribution is -2.10. The second-order valence-corrected chi connectivity index (χ2v) is 4.18. The Morgan fingerprint density at radius 1 is 0.944 bits per heavy atom. The lowest BCUT2D eigenvalue weighted by Gasteiger charge is -2.06. The molecule has 0 aliphatic carbocycles. The van der Waals surface area contributed by atoms with E-state index in [1.54, 1.807) is 6.07 Å². The summed E-state index contributed by atoms with van der Waals surface area (Å²) in [5, 5.41) is 3.08. The van der Waals surface area contributed by atoms with Crippen molar-refractivity contribution >= 4 is 0 Å². The zero-order valence-electron chi connectivity index (χ0n) is 10.2. The monoisotopic (exact) mass is 247 g/mol. The summed E-state index contributed by atoms with van der Waals surface area (Å²) >= 11 is 0. The lowest BCUT2D eigenvalue weighted by atomic mass is 10.0. The van der Waals surface area contributed by atoms with Crippen LogP contribution in [0.4, 0.5) is 8.78 Å². The molecule has 1 nitrogen and oxygen atoms in total. The second kappa shape index (κ2) is 5.74. The van der Waals surface area contributed by atoms with Crippen LogP contribution in [0.2, 0.25) is 0 Å². The van der Waals surface area contributed by atoms with Gasteiger partial charge in [-0.2, -0.15) is 0 Å². The van der Waals surface area contributed by atoms with E-state index in [0.717, 1.165) is 24.6 Å². The highest BCUT2D eigenvalue weighted by Crippen LogP contribution is 2.22. The van der Waals surface area contributed by atoms with Crippen molar-refractivity contribution in [3.05, 3.63) is 59.7 Å². The highest BCUT2D eigenvalue weighted by Gasteiger charge is 2.05. The summed E-state index contributed by atoms with van der Waals surface area (Å²) in [5.41, 5.74) is 2.77. The number of likely N-dealkylation sites (N-methyl/N-ethyl adjacent to an activating group) is 1. The molecule has 2 aromatic rings. The first kappa shape index (κ1) is 12.7. The molecule has 0 saturated carbocycles. The summed E-state index contributed by atoms with van der Waals surface area (Å²) in [6, 6.07) is 11.8. The average molecular weight is 247 g/mol. The Hall–Kier alpha value is -1.74. The predicted octanol–water partition coefficient (Wildman–Crippen LogP) is 3.39. The number of hydrogen-bond donors (Lipinski definition) is 1. The summed E-state index contributed by atoms with van der Waals surface area (Å²) in [6.45, 7) is 0.890. The van der Waals surface area contributed by atoms with Gasteiger partial charge in [0.15, 0.2) is 11.6 Å². The van der Waals surface area contributed by atoms with E-state index in [4.69, 9.17) is 0 Å². The molecule has 0 radical (unpaired) electrons. The van der Waals surface area contributed by atoms with Crippen LogP contribution < -0.4 is 5.32 Å². The van der Waals surface area contributed by atoms with Crippen molar-refractivity contribution in [2.75, 3.05) is 13.6 Å². The molecule has 0 aromatic heterocycles. The van der Waals surface area contributed by atoms with Crippen LogP contribution in [0, 0.1) is 11.6 Å². The Morgan fingerprint density at radius 3 is 2.44 bits per heavy atom. The van der Waals surface area contributed by atoms with Gasteiger partial charge in [0.05, 0.1) is 0 Å². The number of halogens is 2. The fourth-order valence-corrected chi connectivity index (χ4v) is 1.85. The fourth-order valence-electron chi connectivity index (χ4n) is 1.85. The molecule has 0 bridgehead atoms. The standard InChI is InChI=1S/C15H15F2N/c1-18-8-7-11-3-2-4-12(9-11)13-5-6-14(16)15(17)10-13/h2-6,9-10,18H,7-8H2,1H3. The summed E-state index contributed by atoms with van der Waals surface area (Å²) in [4.78, 5) is 0. The Bertz CT molecular complexity index is 538. The fraction of sp³-hybridized carbons (Fsp3) is 0.200. The van der Waals surface area contributed by atoms with Crippen LogP contribution >= 0.6 is 0 Å². The Balaban J connectivity index is 2.29. The normalized spacial score (nSPS) is 10.6. The Morgan fingerprint density at radius 2 is 1.72 bits per heavy atom. The minimum atomic E-state index is -0.815. The molecule has 0 saturated heterocycles. The number of nitrogens with one attached hydrogen (secondary N) is 1. The highest BCUT2D eigenvalue weighted by atomic mass is 19.2. The molecule has 2 rings (SSSR count). The third-order valence-corrected chi connectivity index (χ3v) is 2.84. The van der Waals surface area contributed by atoms with Crippen LogP contribution in [0.15, 0.2) is 42.5 Å². The van der Waals surface area contributed by atoms with Crippen LogP contribution in [-0.2, 0) is 6.42 Å². The molecular weight excluding hydrogens is 232 g/mol. The molecule has 0 aliphatic heterocycles. The molecule has 3 heteroatoms. The van der Waals surface area contributed by atoms with Crippen LogP contribution in [-0.4, -0.2) is 13.6 Å². The van der Waals surface area contributed by atoms with Crippen molar-refractivity contribution < 1.29 is 8.78 Å². The molecule has 1 N–H and O–H groups in total. The van der Waals surface area contributed by atoms with Gasteiger partial charge >= 0.3 is 0 Å². The predicted molar refractivity (Wildman–Crippen MR) is 69.4 cm³/mol. The summed E-state index contributed by atoms with van der Waals surface area (Å²) in [7, 11) is 1.90. The number of rotatable bonds is 4. The molecular formula is C15H15F2N. The molecule has 0 spiro atoms. The van der Waals surface area contributed by atoms with Gasteiger partial charge in [0.2, 0.25) is 0 Å². The molecule has 0 atom stereocenters. The molecule has 94 valence electrons. The van der Waals surface area contributed by atoms with Gasteiger partial charge in [0, 0.05) is 0 Å². The van der Waals surface area contributed by atoms with Gasteiger partial charge in [0.25, 0.3) is 0 Å². The van der Waals surface area contributed by atoms with E-state index < -0.39 is 11.6 Å². The molecule has 0 fully saturated rings. The highest BCUT2D eigenvalue weighted by molar-refractivity contribution is 5.64. The topological polar surface area (TPSA) is 12.0 Å². The number of benzene rings is 2. The minimum Gasteiger partial charge on any atom is -0.319 e. The van der Waals surface area contributed by atoms with Crippen molar-refractivity contribution in [1.82, 2.24) is 5.32 Å². The third kappa shape index (κ3) is 2.93. The van der Waals surface area contributed by atoms with E-state index in [1.165, 1.54) is 11.6 Å². The zero-order chi connectivity index (χ0) is 13.0. The van der Waals surface area contributed by atoms with Crippen LogP contribution in [0.3, 0.4) is 0 Å². The summed E-state index contributed by atoms with van der Waals surface area (Å²) in [6.07, 6.45) is 0.911. The average Bonchev–Trinajstić information content (AvgIpc) is 2.40. The molecule has 0 unspecified atom stereocenters. The van der Waals surface area contributed by atoms with Crippen LogP contribution in [0.5, 0.6) is 0 Å². The van der Waals surface area contributed by atoms with Gasteiger partial charge in [-0.1, -0.05) is 30.3 Å². The second-order valence-electron chi connectivity index (χ2n) is 4.18. The maximum atomic E-state index is 13.2. The molecule has 0 aliphatic rings. The SMILES string of the molecule is CNCCc1cccc(-c2ccc(F)c(F)c2)c1. The molecule has 0 heterocycles. The van der Waals surface area contributed by atoms with E-state index in [2.05, 4.69) is 5.32 Å². The maximum absolute atomic E-state index is 13.2. The van der Waals surface area contributed by atoms with E-state index in [1.807, 2.05) is 31.3 Å².